The summed E-state index contributed by atoms with van der Waals surface area (Å²) >= 11 is 0. The molecule has 4 aliphatic carbocycles. The van der Waals surface area contributed by atoms with Crippen LogP contribution in [0, 0.1) is 30.1 Å². The molecule has 4 bridgehead atoms. The maximum atomic E-state index is 13.2. The van der Waals surface area contributed by atoms with Gasteiger partial charge in [-0.15, -0.1) is 0 Å². The molecule has 0 atom stereocenters. The molecule has 2 aliphatic heterocycles. The fourth-order valence-electron chi connectivity index (χ4n) is 8.27. The number of anilines is 1. The molecule has 2 heterocycles. The van der Waals surface area contributed by atoms with E-state index >= 15 is 0 Å². The first-order valence-corrected chi connectivity index (χ1v) is 15.4. The molecule has 7 rings (SSSR count). The monoisotopic (exact) mass is 526 g/mol. The summed E-state index contributed by atoms with van der Waals surface area (Å²) in [5, 5.41) is 5.97. The smallest absolute Gasteiger partial charge is 0.253 e. The highest BCUT2D eigenvalue weighted by molar-refractivity contribution is 7.89. The van der Waals surface area contributed by atoms with Crippen molar-refractivity contribution in [2.75, 3.05) is 24.2 Å². The van der Waals surface area contributed by atoms with Crippen molar-refractivity contribution in [3.05, 3.63) is 29.3 Å². The molecule has 0 unspecified atom stereocenters. The van der Waals surface area contributed by atoms with Gasteiger partial charge in [-0.05, 0) is 106 Å². The summed E-state index contributed by atoms with van der Waals surface area (Å²) < 4.78 is 27.9. The lowest BCUT2D eigenvalue weighted by Gasteiger charge is -2.56. The molecule has 4 saturated carbocycles. The van der Waals surface area contributed by atoms with Crippen LogP contribution in [-0.4, -0.2) is 54.8 Å². The van der Waals surface area contributed by atoms with Crippen LogP contribution in [0.4, 0.5) is 5.69 Å². The second-order valence-corrected chi connectivity index (χ2v) is 14.5. The molecule has 1 spiro atoms. The molecule has 2 amide bonds. The zero-order valence-corrected chi connectivity index (χ0v) is 22.7. The molecule has 5 fully saturated rings. The SMILES string of the molecule is CC(=O)Nc1ccc(CCS(=O)(=O)N2CCC3(CC2)N=C(C24CC5CC(CC(C5)C2)C4)NC3=O)c(C)c1. The first-order valence-electron chi connectivity index (χ1n) is 13.8. The van der Waals surface area contributed by atoms with Crippen molar-refractivity contribution < 1.29 is 18.0 Å². The van der Waals surface area contributed by atoms with E-state index < -0.39 is 15.6 Å². The van der Waals surface area contributed by atoms with Crippen LogP contribution in [0.3, 0.4) is 0 Å². The Labute approximate surface area is 219 Å². The maximum absolute atomic E-state index is 13.2. The predicted octanol–water partition coefficient (Wildman–Crippen LogP) is 3.41. The van der Waals surface area contributed by atoms with Crippen molar-refractivity contribution in [1.29, 1.82) is 0 Å². The Morgan fingerprint density at radius 1 is 1.11 bits per heavy atom. The number of aryl methyl sites for hydroxylation is 2. The fourth-order valence-corrected chi connectivity index (χ4v) is 9.74. The number of nitrogens with zero attached hydrogens (tertiary/aromatic N) is 2. The van der Waals surface area contributed by atoms with E-state index in [1.54, 1.807) is 10.4 Å². The number of sulfonamides is 1. The minimum atomic E-state index is -3.46. The highest BCUT2D eigenvalue weighted by Gasteiger charge is 2.57. The Morgan fingerprint density at radius 2 is 1.73 bits per heavy atom. The van der Waals surface area contributed by atoms with Gasteiger partial charge in [0.25, 0.3) is 5.91 Å². The molecular formula is C28H38N4O4S. The quantitative estimate of drug-likeness (QED) is 0.592. The second kappa shape index (κ2) is 8.90. The third-order valence-electron chi connectivity index (χ3n) is 9.76. The lowest BCUT2D eigenvalue weighted by molar-refractivity contribution is -0.125. The summed E-state index contributed by atoms with van der Waals surface area (Å²) in [6, 6.07) is 5.55. The molecule has 1 aromatic carbocycles. The zero-order valence-electron chi connectivity index (χ0n) is 21.9. The van der Waals surface area contributed by atoms with Gasteiger partial charge in [-0.1, -0.05) is 6.07 Å². The molecule has 37 heavy (non-hydrogen) atoms. The van der Waals surface area contributed by atoms with E-state index in [9.17, 15) is 18.0 Å². The second-order valence-electron chi connectivity index (χ2n) is 12.4. The van der Waals surface area contributed by atoms with E-state index in [1.807, 2.05) is 19.1 Å². The van der Waals surface area contributed by atoms with Crippen molar-refractivity contribution >= 4 is 33.4 Å². The number of carbonyl (C=O) groups excluding carboxylic acids is 2. The summed E-state index contributed by atoms with van der Waals surface area (Å²) in [5.41, 5.74) is 1.85. The van der Waals surface area contributed by atoms with Gasteiger partial charge in [-0.25, -0.2) is 12.7 Å². The van der Waals surface area contributed by atoms with Gasteiger partial charge in [0.1, 0.15) is 11.4 Å². The fraction of sp³-hybridized carbons (Fsp3) is 0.679. The standard InChI is InChI=1S/C28H38N4O4S/c1-18-11-24(29-19(2)33)4-3-23(18)5-10-37(35,36)32-8-6-28(7-9-32)26(34)30-25(31-28)27-15-20-12-21(16-27)14-22(13-20)17-27/h3-4,11,20-22H,5-10,12-17H2,1-2H3,(H,29,33)(H,30,31,34). The van der Waals surface area contributed by atoms with Crippen molar-refractivity contribution in [3.63, 3.8) is 0 Å². The average molecular weight is 527 g/mol. The number of amidine groups is 1. The van der Waals surface area contributed by atoms with E-state index in [0.29, 0.717) is 38.0 Å². The van der Waals surface area contributed by atoms with Crippen LogP contribution >= 0.6 is 0 Å². The Hall–Kier alpha value is -2.26. The predicted molar refractivity (Wildman–Crippen MR) is 143 cm³/mol. The Morgan fingerprint density at radius 3 is 2.30 bits per heavy atom. The van der Waals surface area contributed by atoms with E-state index in [2.05, 4.69) is 10.6 Å². The number of benzene rings is 1. The van der Waals surface area contributed by atoms with Crippen molar-refractivity contribution in [2.45, 2.75) is 77.2 Å². The van der Waals surface area contributed by atoms with E-state index in [0.717, 1.165) is 54.0 Å². The van der Waals surface area contributed by atoms with Gasteiger partial charge in [0.05, 0.1) is 5.75 Å². The lowest BCUT2D eigenvalue weighted by atomic mass is 9.49. The summed E-state index contributed by atoms with van der Waals surface area (Å²) in [4.78, 5) is 29.6. The van der Waals surface area contributed by atoms with Gasteiger partial charge in [0.2, 0.25) is 15.9 Å². The van der Waals surface area contributed by atoms with Gasteiger partial charge in [-0.2, -0.15) is 0 Å². The number of rotatable bonds is 6. The van der Waals surface area contributed by atoms with Gasteiger partial charge in [0, 0.05) is 31.1 Å². The molecule has 1 saturated heterocycles. The van der Waals surface area contributed by atoms with Crippen molar-refractivity contribution in [1.82, 2.24) is 9.62 Å². The lowest BCUT2D eigenvalue weighted by Crippen LogP contribution is -2.54. The molecule has 9 heteroatoms. The molecule has 200 valence electrons. The third kappa shape index (κ3) is 4.52. The maximum Gasteiger partial charge on any atom is 0.253 e. The van der Waals surface area contributed by atoms with Crippen LogP contribution < -0.4 is 10.6 Å². The molecule has 1 aromatic rings. The molecule has 0 radical (unpaired) electrons. The van der Waals surface area contributed by atoms with Crippen LogP contribution in [-0.2, 0) is 26.0 Å². The highest BCUT2D eigenvalue weighted by atomic mass is 32.2. The van der Waals surface area contributed by atoms with Crippen LogP contribution in [0.5, 0.6) is 0 Å². The molecule has 8 nitrogen and oxygen atoms in total. The highest BCUT2D eigenvalue weighted by Crippen LogP contribution is 2.61. The number of carbonyl (C=O) groups is 2. The first kappa shape index (κ1) is 25.0. The van der Waals surface area contributed by atoms with Crippen LogP contribution in [0.1, 0.15) is 69.4 Å². The molecular weight excluding hydrogens is 488 g/mol. The number of piperidine rings is 1. The van der Waals surface area contributed by atoms with Crippen LogP contribution in [0.2, 0.25) is 0 Å². The van der Waals surface area contributed by atoms with E-state index in [1.165, 1.54) is 26.2 Å². The summed E-state index contributed by atoms with van der Waals surface area (Å²) in [7, 11) is -3.46. The number of amides is 2. The first-order chi connectivity index (χ1) is 17.6. The minimum absolute atomic E-state index is 0.0221. The van der Waals surface area contributed by atoms with E-state index in [-0.39, 0.29) is 23.0 Å². The molecule has 6 aliphatic rings. The Balaban J connectivity index is 1.10. The van der Waals surface area contributed by atoms with Crippen LogP contribution in [0.25, 0.3) is 0 Å². The number of nitrogens with one attached hydrogen (secondary N) is 2. The number of aliphatic imine (C=N–C) groups is 1. The summed E-state index contributed by atoms with van der Waals surface area (Å²) in [6.45, 7) is 4.04. The van der Waals surface area contributed by atoms with Gasteiger partial charge < -0.3 is 10.6 Å². The van der Waals surface area contributed by atoms with E-state index in [4.69, 9.17) is 4.99 Å². The largest absolute Gasteiger partial charge is 0.326 e. The van der Waals surface area contributed by atoms with Crippen LogP contribution in [0.15, 0.2) is 23.2 Å². The summed E-state index contributed by atoms with van der Waals surface area (Å²) in [6.07, 6.45) is 8.79. The molecule has 0 aromatic heterocycles. The van der Waals surface area contributed by atoms with Crippen molar-refractivity contribution in [2.24, 2.45) is 28.2 Å². The Bertz CT molecular complexity index is 1230. The number of hydrogen-bond acceptors (Lipinski definition) is 5. The zero-order chi connectivity index (χ0) is 26.0. The van der Waals surface area contributed by atoms with Crippen molar-refractivity contribution in [3.8, 4) is 0 Å². The average Bonchev–Trinajstić information content (AvgIpc) is 3.14. The topological polar surface area (TPSA) is 108 Å². The van der Waals surface area contributed by atoms with Gasteiger partial charge in [0.15, 0.2) is 0 Å². The number of hydrogen-bond donors (Lipinski definition) is 2. The third-order valence-corrected chi connectivity index (χ3v) is 11.6. The Kier molecular flexibility index (Phi) is 6.02. The summed E-state index contributed by atoms with van der Waals surface area (Å²) in [5.74, 6) is 3.12. The normalized spacial score (nSPS) is 32.4. The van der Waals surface area contributed by atoms with Gasteiger partial charge >= 0.3 is 0 Å². The van der Waals surface area contributed by atoms with Gasteiger partial charge in [-0.3, -0.25) is 14.6 Å². The minimum Gasteiger partial charge on any atom is -0.326 e. The molecule has 2 N–H and O–H groups in total.